The number of hydrogen-bond donors (Lipinski definition) is 1. The molecule has 1 aromatic heterocycles. The van der Waals surface area contributed by atoms with Gasteiger partial charge in [-0.05, 0) is 30.4 Å². The zero-order chi connectivity index (χ0) is 17.3. The van der Waals surface area contributed by atoms with Crippen molar-refractivity contribution < 1.29 is 4.79 Å². The van der Waals surface area contributed by atoms with E-state index in [2.05, 4.69) is 39.8 Å². The number of rotatable bonds is 8. The third-order valence-corrected chi connectivity index (χ3v) is 4.79. The van der Waals surface area contributed by atoms with Gasteiger partial charge in [0.15, 0.2) is 0 Å². The molecule has 3 rings (SSSR count). The molecule has 2 aromatic carbocycles. The molecule has 128 valence electrons. The van der Waals surface area contributed by atoms with Crippen LogP contribution in [-0.4, -0.2) is 16.1 Å². The van der Waals surface area contributed by atoms with Crippen LogP contribution in [0, 0.1) is 0 Å². The molecule has 0 radical (unpaired) electrons. The molecular weight excluding hydrogens is 330 g/mol. The van der Waals surface area contributed by atoms with E-state index in [1.807, 2.05) is 36.4 Å². The van der Waals surface area contributed by atoms with Gasteiger partial charge >= 0.3 is 0 Å². The van der Waals surface area contributed by atoms with Gasteiger partial charge in [0.1, 0.15) is 5.01 Å². The van der Waals surface area contributed by atoms with Gasteiger partial charge in [0.05, 0.1) is 0 Å². The predicted octanol–water partition coefficient (Wildman–Crippen LogP) is 4.28. The Morgan fingerprint density at radius 1 is 0.840 bits per heavy atom. The Balaban J connectivity index is 1.40. The summed E-state index contributed by atoms with van der Waals surface area (Å²) in [6.45, 7) is 0. The number of benzene rings is 2. The monoisotopic (exact) mass is 351 g/mol. The van der Waals surface area contributed by atoms with E-state index >= 15 is 0 Å². The first-order valence-electron chi connectivity index (χ1n) is 8.50. The number of hydrogen-bond acceptors (Lipinski definition) is 4. The third kappa shape index (κ3) is 5.80. The molecule has 1 heterocycles. The lowest BCUT2D eigenvalue weighted by molar-refractivity contribution is -0.116. The Bertz CT molecular complexity index is 787. The minimum absolute atomic E-state index is 0.00157. The van der Waals surface area contributed by atoms with Crippen LogP contribution in [0.5, 0.6) is 0 Å². The highest BCUT2D eigenvalue weighted by Gasteiger charge is 2.08. The molecule has 5 heteroatoms. The summed E-state index contributed by atoms with van der Waals surface area (Å²) in [6.07, 6.45) is 4.00. The van der Waals surface area contributed by atoms with Crippen molar-refractivity contribution in [3.63, 3.8) is 0 Å². The molecule has 0 saturated carbocycles. The standard InChI is InChI=1S/C20H21N3OS/c24-18(13-7-12-16-8-3-1-4-9-16)21-20-23-22-19(25-20)15-14-17-10-5-2-6-11-17/h1-6,8-11H,7,12-15H2,(H,21,23,24). The molecule has 0 spiro atoms. The maximum Gasteiger partial charge on any atom is 0.226 e. The van der Waals surface area contributed by atoms with E-state index in [1.54, 1.807) is 0 Å². The van der Waals surface area contributed by atoms with Crippen molar-refractivity contribution in [2.75, 3.05) is 5.32 Å². The lowest BCUT2D eigenvalue weighted by Gasteiger charge is -2.02. The van der Waals surface area contributed by atoms with Gasteiger partial charge < -0.3 is 5.32 Å². The van der Waals surface area contributed by atoms with Gasteiger partial charge in [-0.1, -0.05) is 72.0 Å². The summed E-state index contributed by atoms with van der Waals surface area (Å²) in [5, 5.41) is 12.6. The second kappa shape index (κ2) is 9.08. The minimum Gasteiger partial charge on any atom is -0.301 e. The molecule has 0 aliphatic carbocycles. The number of nitrogens with zero attached hydrogens (tertiary/aromatic N) is 2. The average Bonchev–Trinajstić information content (AvgIpc) is 3.09. The second-order valence-electron chi connectivity index (χ2n) is 5.87. The molecule has 0 unspecified atom stereocenters. The molecule has 25 heavy (non-hydrogen) atoms. The first kappa shape index (κ1) is 17.3. The minimum atomic E-state index is 0.00157. The molecule has 4 nitrogen and oxygen atoms in total. The van der Waals surface area contributed by atoms with Crippen molar-refractivity contribution in [2.45, 2.75) is 32.1 Å². The van der Waals surface area contributed by atoms with E-state index < -0.39 is 0 Å². The van der Waals surface area contributed by atoms with Crippen molar-refractivity contribution >= 4 is 22.4 Å². The van der Waals surface area contributed by atoms with E-state index in [-0.39, 0.29) is 5.91 Å². The Labute approximate surface area is 151 Å². The van der Waals surface area contributed by atoms with E-state index in [0.29, 0.717) is 11.6 Å². The van der Waals surface area contributed by atoms with Crippen molar-refractivity contribution in [1.29, 1.82) is 0 Å². The molecule has 0 aliphatic rings. The lowest BCUT2D eigenvalue weighted by atomic mass is 10.1. The smallest absolute Gasteiger partial charge is 0.226 e. The van der Waals surface area contributed by atoms with Crippen LogP contribution in [-0.2, 0) is 24.1 Å². The van der Waals surface area contributed by atoms with Crippen LogP contribution in [0.3, 0.4) is 0 Å². The largest absolute Gasteiger partial charge is 0.301 e. The molecule has 0 fully saturated rings. The lowest BCUT2D eigenvalue weighted by Crippen LogP contribution is -2.11. The van der Waals surface area contributed by atoms with Crippen molar-refractivity contribution in [1.82, 2.24) is 10.2 Å². The van der Waals surface area contributed by atoms with Crippen LogP contribution >= 0.6 is 11.3 Å². The Morgan fingerprint density at radius 2 is 1.48 bits per heavy atom. The highest BCUT2D eigenvalue weighted by atomic mass is 32.1. The van der Waals surface area contributed by atoms with E-state index in [4.69, 9.17) is 0 Å². The van der Waals surface area contributed by atoms with E-state index in [9.17, 15) is 4.79 Å². The summed E-state index contributed by atoms with van der Waals surface area (Å²) in [5.41, 5.74) is 2.54. The van der Waals surface area contributed by atoms with Crippen LogP contribution in [0.25, 0.3) is 0 Å². The molecule has 0 saturated heterocycles. The fourth-order valence-corrected chi connectivity index (χ4v) is 3.34. The molecule has 0 aliphatic heterocycles. The Morgan fingerprint density at radius 3 is 2.16 bits per heavy atom. The third-order valence-electron chi connectivity index (χ3n) is 3.90. The van der Waals surface area contributed by atoms with Crippen LogP contribution in [0.15, 0.2) is 60.7 Å². The van der Waals surface area contributed by atoms with E-state index in [1.165, 1.54) is 22.5 Å². The van der Waals surface area contributed by atoms with E-state index in [0.717, 1.165) is 30.7 Å². The number of amides is 1. The number of nitrogens with one attached hydrogen (secondary N) is 1. The zero-order valence-corrected chi connectivity index (χ0v) is 14.8. The van der Waals surface area contributed by atoms with Gasteiger partial charge in [0, 0.05) is 12.8 Å². The summed E-state index contributed by atoms with van der Waals surface area (Å²) >= 11 is 1.46. The van der Waals surface area contributed by atoms with Crippen LogP contribution < -0.4 is 5.32 Å². The molecule has 0 atom stereocenters. The highest BCUT2D eigenvalue weighted by Crippen LogP contribution is 2.17. The van der Waals surface area contributed by atoms with Crippen molar-refractivity contribution in [3.05, 3.63) is 76.8 Å². The maximum absolute atomic E-state index is 12.0. The number of carbonyl (C=O) groups is 1. The predicted molar refractivity (Wildman–Crippen MR) is 102 cm³/mol. The second-order valence-corrected chi connectivity index (χ2v) is 6.94. The summed E-state index contributed by atoms with van der Waals surface area (Å²) < 4.78 is 0. The number of aromatic nitrogens is 2. The van der Waals surface area contributed by atoms with Crippen molar-refractivity contribution in [2.24, 2.45) is 0 Å². The molecule has 3 aromatic rings. The summed E-state index contributed by atoms with van der Waals surface area (Å²) in [6, 6.07) is 20.5. The summed E-state index contributed by atoms with van der Waals surface area (Å²) in [7, 11) is 0. The number of aryl methyl sites for hydroxylation is 3. The number of anilines is 1. The van der Waals surface area contributed by atoms with Gasteiger partial charge in [0.2, 0.25) is 11.0 Å². The van der Waals surface area contributed by atoms with Crippen LogP contribution in [0.2, 0.25) is 0 Å². The molecule has 0 bridgehead atoms. The van der Waals surface area contributed by atoms with Gasteiger partial charge in [0.25, 0.3) is 0 Å². The first-order chi connectivity index (χ1) is 12.3. The quantitative estimate of drug-likeness (QED) is 0.659. The maximum atomic E-state index is 12.0. The van der Waals surface area contributed by atoms with Gasteiger partial charge in [-0.15, -0.1) is 10.2 Å². The average molecular weight is 351 g/mol. The number of carbonyl (C=O) groups excluding carboxylic acids is 1. The van der Waals surface area contributed by atoms with Gasteiger partial charge in [-0.3, -0.25) is 4.79 Å². The Hall–Kier alpha value is -2.53. The highest BCUT2D eigenvalue weighted by molar-refractivity contribution is 7.15. The summed E-state index contributed by atoms with van der Waals surface area (Å²) in [4.78, 5) is 12.0. The van der Waals surface area contributed by atoms with Crippen LogP contribution in [0.1, 0.15) is 29.0 Å². The van der Waals surface area contributed by atoms with Crippen molar-refractivity contribution in [3.8, 4) is 0 Å². The normalized spacial score (nSPS) is 10.6. The zero-order valence-electron chi connectivity index (χ0n) is 14.0. The topological polar surface area (TPSA) is 54.9 Å². The summed E-state index contributed by atoms with van der Waals surface area (Å²) in [5.74, 6) is 0.00157. The molecular formula is C20H21N3OS. The SMILES string of the molecule is O=C(CCCc1ccccc1)Nc1nnc(CCc2ccccc2)s1. The fraction of sp³-hybridized carbons (Fsp3) is 0.250. The molecule has 1 N–H and O–H groups in total. The fourth-order valence-electron chi connectivity index (χ4n) is 2.58. The van der Waals surface area contributed by atoms with Crippen LogP contribution in [0.4, 0.5) is 5.13 Å². The first-order valence-corrected chi connectivity index (χ1v) is 9.31. The molecule has 1 amide bonds. The Kier molecular flexibility index (Phi) is 6.29. The van der Waals surface area contributed by atoms with Gasteiger partial charge in [-0.2, -0.15) is 0 Å². The van der Waals surface area contributed by atoms with Gasteiger partial charge in [-0.25, -0.2) is 0 Å².